The first-order valence-corrected chi connectivity index (χ1v) is 8.65. The van der Waals surface area contributed by atoms with E-state index in [0.717, 1.165) is 11.3 Å². The Labute approximate surface area is 155 Å². The predicted molar refractivity (Wildman–Crippen MR) is 102 cm³/mol. The third kappa shape index (κ3) is 3.32. The van der Waals surface area contributed by atoms with Gasteiger partial charge in [-0.15, -0.1) is 0 Å². The Kier molecular flexibility index (Phi) is 4.78. The van der Waals surface area contributed by atoms with Crippen molar-refractivity contribution in [3.05, 3.63) is 57.6 Å². The second kappa shape index (κ2) is 6.88. The molecule has 3 aromatic rings. The van der Waals surface area contributed by atoms with E-state index in [2.05, 4.69) is 5.32 Å². The van der Waals surface area contributed by atoms with E-state index < -0.39 is 0 Å². The summed E-state index contributed by atoms with van der Waals surface area (Å²) in [5, 5.41) is 13.2. The summed E-state index contributed by atoms with van der Waals surface area (Å²) in [5.41, 5.74) is 1.98. The van der Waals surface area contributed by atoms with Gasteiger partial charge in [0, 0.05) is 28.4 Å². The molecule has 26 heavy (non-hydrogen) atoms. The summed E-state index contributed by atoms with van der Waals surface area (Å²) >= 11 is 6.12. The second-order valence-corrected chi connectivity index (χ2v) is 6.95. The predicted octanol–water partition coefficient (Wildman–Crippen LogP) is 2.96. The zero-order valence-corrected chi connectivity index (χ0v) is 15.5. The number of hydrogen-bond acceptors (Lipinski definition) is 3. The first-order valence-electron chi connectivity index (χ1n) is 8.27. The number of hydrogen-bond donors (Lipinski definition) is 2. The van der Waals surface area contributed by atoms with Gasteiger partial charge in [0.2, 0.25) is 5.91 Å². The lowest BCUT2D eigenvalue weighted by atomic mass is 10.1. The lowest BCUT2D eigenvalue weighted by molar-refractivity contribution is -0.122. The van der Waals surface area contributed by atoms with Gasteiger partial charge in [-0.2, -0.15) is 0 Å². The van der Waals surface area contributed by atoms with E-state index in [0.29, 0.717) is 16.2 Å². The van der Waals surface area contributed by atoms with E-state index in [9.17, 15) is 14.7 Å². The summed E-state index contributed by atoms with van der Waals surface area (Å²) < 4.78 is 3.05. The van der Waals surface area contributed by atoms with Crippen LogP contribution in [0.3, 0.4) is 0 Å². The molecular formula is C19H20ClN3O3. The maximum Gasteiger partial charge on any atom is 0.275 e. The highest BCUT2D eigenvalue weighted by Crippen LogP contribution is 2.27. The van der Waals surface area contributed by atoms with Crippen molar-refractivity contribution in [2.75, 3.05) is 0 Å². The molecule has 1 amide bonds. The minimum Gasteiger partial charge on any atom is -0.506 e. The molecule has 136 valence electrons. The minimum absolute atomic E-state index is 0.00775. The molecule has 2 N–H and O–H groups in total. The maximum atomic E-state index is 13.0. The highest BCUT2D eigenvalue weighted by atomic mass is 35.5. The van der Waals surface area contributed by atoms with E-state index in [1.165, 1.54) is 16.8 Å². The van der Waals surface area contributed by atoms with Gasteiger partial charge in [0.05, 0.1) is 11.9 Å². The van der Waals surface area contributed by atoms with Crippen molar-refractivity contribution in [2.45, 2.75) is 33.4 Å². The molecule has 0 saturated heterocycles. The number of benzene rings is 1. The van der Waals surface area contributed by atoms with E-state index in [4.69, 9.17) is 11.6 Å². The van der Waals surface area contributed by atoms with Crippen molar-refractivity contribution in [1.82, 2.24) is 14.3 Å². The topological polar surface area (TPSA) is 75.7 Å². The maximum absolute atomic E-state index is 13.0. The molecule has 2 aromatic heterocycles. The monoisotopic (exact) mass is 373 g/mol. The van der Waals surface area contributed by atoms with E-state index in [-0.39, 0.29) is 29.8 Å². The lowest BCUT2D eigenvalue weighted by Gasteiger charge is -2.18. The highest BCUT2D eigenvalue weighted by molar-refractivity contribution is 6.30. The Bertz CT molecular complexity index is 1050. The Morgan fingerprint density at radius 3 is 2.69 bits per heavy atom. The van der Waals surface area contributed by atoms with Crippen LogP contribution in [0.1, 0.15) is 19.5 Å². The lowest BCUT2D eigenvalue weighted by Crippen LogP contribution is -2.37. The van der Waals surface area contributed by atoms with E-state index in [1.807, 2.05) is 26.8 Å². The Balaban J connectivity index is 2.29. The first kappa shape index (κ1) is 18.1. The molecule has 0 saturated carbocycles. The third-order valence-electron chi connectivity index (χ3n) is 4.09. The van der Waals surface area contributed by atoms with Gasteiger partial charge >= 0.3 is 0 Å². The molecule has 2 heterocycles. The second-order valence-electron chi connectivity index (χ2n) is 6.51. The van der Waals surface area contributed by atoms with E-state index in [1.54, 1.807) is 22.6 Å². The molecule has 1 aromatic carbocycles. The summed E-state index contributed by atoms with van der Waals surface area (Å²) in [6.07, 6.45) is 1.48. The number of aryl methyl sites for hydroxylation is 1. The van der Waals surface area contributed by atoms with Crippen LogP contribution < -0.4 is 10.9 Å². The minimum atomic E-state index is -0.357. The standard InChI is InChI=1S/C19H20ClN3O3/c1-11(2)21-17(25)10-23-18(13-5-4-6-14(20)7-13)12(3)22-9-15(24)8-16(22)19(23)26/h4-9,11,24H,10H2,1-3H3,(H,21,25). The highest BCUT2D eigenvalue weighted by Gasteiger charge is 2.19. The molecular weight excluding hydrogens is 354 g/mol. The summed E-state index contributed by atoms with van der Waals surface area (Å²) in [6, 6.07) is 8.48. The number of aromatic hydroxyl groups is 1. The van der Waals surface area contributed by atoms with Crippen LogP contribution in [0.5, 0.6) is 5.75 Å². The van der Waals surface area contributed by atoms with Crippen LogP contribution in [0.25, 0.3) is 16.8 Å². The van der Waals surface area contributed by atoms with Crippen LogP contribution >= 0.6 is 11.6 Å². The fourth-order valence-electron chi connectivity index (χ4n) is 3.10. The molecule has 0 aliphatic carbocycles. The van der Waals surface area contributed by atoms with Gasteiger partial charge in [-0.05, 0) is 32.9 Å². The van der Waals surface area contributed by atoms with Crippen LogP contribution in [0, 0.1) is 6.92 Å². The van der Waals surface area contributed by atoms with Gasteiger partial charge in [-0.1, -0.05) is 23.7 Å². The number of aromatic nitrogens is 2. The smallest absolute Gasteiger partial charge is 0.275 e. The summed E-state index contributed by atoms with van der Waals surface area (Å²) in [6.45, 7) is 5.43. The van der Waals surface area contributed by atoms with Crippen molar-refractivity contribution in [1.29, 1.82) is 0 Å². The van der Waals surface area contributed by atoms with Crippen LogP contribution in [-0.2, 0) is 11.3 Å². The fraction of sp³-hybridized carbons (Fsp3) is 0.263. The van der Waals surface area contributed by atoms with Crippen LogP contribution in [-0.4, -0.2) is 26.0 Å². The number of amides is 1. The van der Waals surface area contributed by atoms with Gasteiger partial charge in [-0.3, -0.25) is 14.2 Å². The Morgan fingerprint density at radius 2 is 2.04 bits per heavy atom. The van der Waals surface area contributed by atoms with Gasteiger partial charge in [0.25, 0.3) is 5.56 Å². The molecule has 3 rings (SSSR count). The van der Waals surface area contributed by atoms with Gasteiger partial charge in [-0.25, -0.2) is 0 Å². The average molecular weight is 374 g/mol. The van der Waals surface area contributed by atoms with Crippen molar-refractivity contribution in [3.8, 4) is 17.0 Å². The molecule has 0 fully saturated rings. The zero-order valence-electron chi connectivity index (χ0n) is 14.8. The quantitative estimate of drug-likeness (QED) is 0.738. The van der Waals surface area contributed by atoms with Gasteiger partial charge in [0.15, 0.2) is 0 Å². The first-order chi connectivity index (χ1) is 12.3. The Hall–Kier alpha value is -2.73. The van der Waals surface area contributed by atoms with Crippen molar-refractivity contribution < 1.29 is 9.90 Å². The number of carbonyl (C=O) groups is 1. The normalized spacial score (nSPS) is 11.3. The molecule has 7 heteroatoms. The van der Waals surface area contributed by atoms with E-state index >= 15 is 0 Å². The largest absolute Gasteiger partial charge is 0.506 e. The number of nitrogens with one attached hydrogen (secondary N) is 1. The van der Waals surface area contributed by atoms with Crippen LogP contribution in [0.2, 0.25) is 5.02 Å². The molecule has 0 aliphatic rings. The molecule has 0 atom stereocenters. The molecule has 0 spiro atoms. The van der Waals surface area contributed by atoms with Crippen LogP contribution in [0.15, 0.2) is 41.3 Å². The molecule has 0 unspecified atom stereocenters. The van der Waals surface area contributed by atoms with Gasteiger partial charge < -0.3 is 14.8 Å². The molecule has 0 aliphatic heterocycles. The third-order valence-corrected chi connectivity index (χ3v) is 4.33. The van der Waals surface area contributed by atoms with Crippen LogP contribution in [0.4, 0.5) is 0 Å². The van der Waals surface area contributed by atoms with Crippen molar-refractivity contribution in [2.24, 2.45) is 0 Å². The zero-order chi connectivity index (χ0) is 19.0. The number of halogens is 1. The van der Waals surface area contributed by atoms with Gasteiger partial charge in [0.1, 0.15) is 17.8 Å². The number of rotatable bonds is 4. The average Bonchev–Trinajstić information content (AvgIpc) is 2.94. The molecule has 6 nitrogen and oxygen atoms in total. The SMILES string of the molecule is Cc1c(-c2cccc(Cl)c2)n(CC(=O)NC(C)C)c(=O)c2cc(O)cn12. The molecule has 0 radical (unpaired) electrons. The number of carbonyl (C=O) groups excluding carboxylic acids is 1. The summed E-state index contributed by atoms with van der Waals surface area (Å²) in [4.78, 5) is 25.3. The van der Waals surface area contributed by atoms with Crippen molar-refractivity contribution >= 4 is 23.0 Å². The molecule has 0 bridgehead atoms. The summed E-state index contributed by atoms with van der Waals surface area (Å²) in [5.74, 6) is -0.267. The Morgan fingerprint density at radius 1 is 1.31 bits per heavy atom. The number of nitrogens with zero attached hydrogens (tertiary/aromatic N) is 2. The summed E-state index contributed by atoms with van der Waals surface area (Å²) in [7, 11) is 0. The number of fused-ring (bicyclic) bond motifs is 1. The van der Waals surface area contributed by atoms with Crippen molar-refractivity contribution in [3.63, 3.8) is 0 Å². The fourth-order valence-corrected chi connectivity index (χ4v) is 3.29.